The van der Waals surface area contributed by atoms with Gasteiger partial charge >= 0.3 is 12.1 Å². The summed E-state index contributed by atoms with van der Waals surface area (Å²) in [5.74, 6) is 0. The fourth-order valence-electron chi connectivity index (χ4n) is 1.51. The van der Waals surface area contributed by atoms with Gasteiger partial charge in [0.05, 0.1) is 15.7 Å². The fourth-order valence-corrected chi connectivity index (χ4v) is 1.95. The van der Waals surface area contributed by atoms with Crippen LogP contribution in [-0.2, 0) is 0 Å². The third-order valence-electron chi connectivity index (χ3n) is 2.45. The minimum absolute atomic E-state index is 0.263. The van der Waals surface area contributed by atoms with Crippen molar-refractivity contribution in [3.63, 3.8) is 0 Å². The summed E-state index contributed by atoms with van der Waals surface area (Å²) in [7, 11) is 0. The number of anilines is 1. The highest BCUT2D eigenvalue weighted by Gasteiger charge is 2.36. The van der Waals surface area contributed by atoms with Crippen molar-refractivity contribution >= 4 is 53.8 Å². The molecular formula is C10H9Cl2N3O2S. The van der Waals surface area contributed by atoms with Crippen LogP contribution in [0.1, 0.15) is 6.92 Å². The molecule has 0 bridgehead atoms. The Kier molecular flexibility index (Phi) is 3.61. The summed E-state index contributed by atoms with van der Waals surface area (Å²) < 4.78 is 1.11. The van der Waals surface area contributed by atoms with Crippen LogP contribution >= 0.6 is 36.0 Å². The number of carbonyl (C=O) groups excluding carboxylic acids is 2. The summed E-state index contributed by atoms with van der Waals surface area (Å²) in [5.41, 5.74) is 0.331. The Labute approximate surface area is 119 Å². The molecule has 1 aromatic carbocycles. The molecule has 1 heterocycles. The normalized spacial score (nSPS) is 20.1. The van der Waals surface area contributed by atoms with Gasteiger partial charge in [-0.1, -0.05) is 36.0 Å². The first-order valence-electron chi connectivity index (χ1n) is 4.99. The lowest BCUT2D eigenvalue weighted by Gasteiger charge is -2.35. The number of hydrogen-bond donors (Lipinski definition) is 2. The average Bonchev–Trinajstić information content (AvgIpc) is 2.31. The van der Waals surface area contributed by atoms with E-state index in [1.54, 1.807) is 6.92 Å². The van der Waals surface area contributed by atoms with Crippen LogP contribution in [0.25, 0.3) is 0 Å². The quantitative estimate of drug-likeness (QED) is 0.783. The molecule has 18 heavy (non-hydrogen) atoms. The maximum absolute atomic E-state index is 12.0. The molecule has 1 unspecified atom stereocenters. The number of nitrogens with zero attached hydrogens (tertiary/aromatic N) is 2. The van der Waals surface area contributed by atoms with Crippen LogP contribution in [0, 0.1) is 0 Å². The van der Waals surface area contributed by atoms with Gasteiger partial charge in [0, 0.05) is 0 Å². The predicted octanol–water partition coefficient (Wildman–Crippen LogP) is 3.14. The number of imide groups is 1. The molecule has 0 spiro atoms. The lowest BCUT2D eigenvalue weighted by molar-refractivity contribution is 0.199. The van der Waals surface area contributed by atoms with Gasteiger partial charge < -0.3 is 5.32 Å². The highest BCUT2D eigenvalue weighted by atomic mass is 35.5. The molecule has 1 aromatic rings. The summed E-state index contributed by atoms with van der Waals surface area (Å²) in [6, 6.07) is 3.41. The number of amides is 4. The van der Waals surface area contributed by atoms with Gasteiger partial charge in [-0.2, -0.15) is 0 Å². The molecular weight excluding hydrogens is 297 g/mol. The van der Waals surface area contributed by atoms with Crippen LogP contribution in [-0.4, -0.2) is 22.5 Å². The van der Waals surface area contributed by atoms with Crippen LogP contribution in [0.4, 0.5) is 15.3 Å². The third-order valence-corrected chi connectivity index (χ3v) is 3.71. The molecule has 8 heteroatoms. The molecule has 5 nitrogen and oxygen atoms in total. The second-order valence-corrected chi connectivity index (χ2v) is 4.93. The summed E-state index contributed by atoms with van der Waals surface area (Å²) in [6.07, 6.45) is -0.479. The van der Waals surface area contributed by atoms with E-state index in [1.165, 1.54) is 18.2 Å². The molecule has 2 rings (SSSR count). The number of thiol groups is 1. The standard InChI is InChI=1S/C10H9Cl2N3O2S/c1-5-13-9(16)14(10(17)15(5)18)6-2-3-7(11)8(12)4-6/h2-5,18H,1H3,(H,13,16). The summed E-state index contributed by atoms with van der Waals surface area (Å²) in [6.45, 7) is 1.65. The lowest BCUT2D eigenvalue weighted by Crippen LogP contribution is -2.61. The summed E-state index contributed by atoms with van der Waals surface area (Å²) >= 11 is 15.7. The van der Waals surface area contributed by atoms with Gasteiger partial charge in [0.15, 0.2) is 0 Å². The minimum Gasteiger partial charge on any atom is -0.316 e. The highest BCUT2D eigenvalue weighted by molar-refractivity contribution is 7.78. The van der Waals surface area contributed by atoms with Crippen molar-refractivity contribution in [1.82, 2.24) is 9.62 Å². The predicted molar refractivity (Wildman–Crippen MR) is 73.2 cm³/mol. The average molecular weight is 306 g/mol. The van der Waals surface area contributed by atoms with E-state index in [1.807, 2.05) is 0 Å². The molecule has 0 aromatic heterocycles. The van der Waals surface area contributed by atoms with Gasteiger partial charge in [0.2, 0.25) is 0 Å². The first-order valence-corrected chi connectivity index (χ1v) is 6.15. The van der Waals surface area contributed by atoms with Crippen LogP contribution in [0.2, 0.25) is 10.0 Å². The van der Waals surface area contributed by atoms with E-state index in [2.05, 4.69) is 18.1 Å². The molecule has 96 valence electrons. The van der Waals surface area contributed by atoms with Crippen molar-refractivity contribution in [2.75, 3.05) is 4.90 Å². The molecule has 0 aliphatic carbocycles. The molecule has 1 atom stereocenters. The van der Waals surface area contributed by atoms with Crippen molar-refractivity contribution in [2.24, 2.45) is 0 Å². The van der Waals surface area contributed by atoms with E-state index < -0.39 is 18.2 Å². The van der Waals surface area contributed by atoms with E-state index in [4.69, 9.17) is 23.2 Å². The molecule has 4 amide bonds. The zero-order valence-electron chi connectivity index (χ0n) is 9.22. The summed E-state index contributed by atoms with van der Waals surface area (Å²) in [5, 5.41) is 3.19. The first-order chi connectivity index (χ1) is 8.41. The molecule has 1 fully saturated rings. The summed E-state index contributed by atoms with van der Waals surface area (Å²) in [4.78, 5) is 24.7. The Morgan fingerprint density at radius 1 is 1.28 bits per heavy atom. The van der Waals surface area contributed by atoms with E-state index in [9.17, 15) is 9.59 Å². The monoisotopic (exact) mass is 305 g/mol. The minimum atomic E-state index is -0.548. The number of urea groups is 2. The second kappa shape index (κ2) is 4.87. The molecule has 0 saturated carbocycles. The topological polar surface area (TPSA) is 52.7 Å². The Balaban J connectivity index is 2.39. The number of hydrogen-bond acceptors (Lipinski definition) is 3. The zero-order chi connectivity index (χ0) is 13.4. The Hall–Kier alpha value is -1.11. The Bertz CT molecular complexity index is 526. The van der Waals surface area contributed by atoms with Crippen molar-refractivity contribution in [1.29, 1.82) is 0 Å². The first kappa shape index (κ1) is 13.3. The maximum Gasteiger partial charge on any atom is 0.344 e. The van der Waals surface area contributed by atoms with Crippen LogP contribution in [0.5, 0.6) is 0 Å². The number of nitrogens with one attached hydrogen (secondary N) is 1. The molecule has 1 aliphatic heterocycles. The lowest BCUT2D eigenvalue weighted by atomic mass is 10.3. The maximum atomic E-state index is 12.0. The van der Waals surface area contributed by atoms with Crippen LogP contribution in [0.15, 0.2) is 18.2 Å². The number of carbonyl (C=O) groups is 2. The number of benzene rings is 1. The fraction of sp³-hybridized carbons (Fsp3) is 0.200. The van der Waals surface area contributed by atoms with Gasteiger partial charge in [-0.05, 0) is 25.1 Å². The van der Waals surface area contributed by atoms with Gasteiger partial charge in [-0.3, -0.25) is 0 Å². The second-order valence-electron chi connectivity index (χ2n) is 3.69. The van der Waals surface area contributed by atoms with Crippen molar-refractivity contribution in [3.05, 3.63) is 28.2 Å². The highest BCUT2D eigenvalue weighted by Crippen LogP contribution is 2.29. The molecule has 0 radical (unpaired) electrons. The van der Waals surface area contributed by atoms with Gasteiger partial charge in [-0.25, -0.2) is 18.8 Å². The van der Waals surface area contributed by atoms with Crippen LogP contribution < -0.4 is 10.2 Å². The van der Waals surface area contributed by atoms with Gasteiger partial charge in [0.1, 0.15) is 6.17 Å². The van der Waals surface area contributed by atoms with E-state index in [0.29, 0.717) is 10.7 Å². The Morgan fingerprint density at radius 3 is 2.56 bits per heavy atom. The molecule has 1 saturated heterocycles. The van der Waals surface area contributed by atoms with Crippen LogP contribution in [0.3, 0.4) is 0 Å². The molecule has 1 N–H and O–H groups in total. The zero-order valence-corrected chi connectivity index (χ0v) is 11.6. The van der Waals surface area contributed by atoms with E-state index in [0.717, 1.165) is 9.21 Å². The van der Waals surface area contributed by atoms with Gasteiger partial charge in [0.25, 0.3) is 0 Å². The smallest absolute Gasteiger partial charge is 0.316 e. The Morgan fingerprint density at radius 2 is 1.94 bits per heavy atom. The van der Waals surface area contributed by atoms with Crippen molar-refractivity contribution in [2.45, 2.75) is 13.1 Å². The number of halogens is 2. The van der Waals surface area contributed by atoms with E-state index >= 15 is 0 Å². The van der Waals surface area contributed by atoms with E-state index in [-0.39, 0.29) is 5.02 Å². The SMILES string of the molecule is CC1NC(=O)N(c2ccc(Cl)c(Cl)c2)C(=O)N1S. The van der Waals surface area contributed by atoms with Crippen molar-refractivity contribution < 1.29 is 9.59 Å². The molecule has 1 aliphatic rings. The third kappa shape index (κ3) is 2.23. The number of rotatable bonds is 1. The van der Waals surface area contributed by atoms with Gasteiger partial charge in [-0.15, -0.1) is 0 Å². The van der Waals surface area contributed by atoms with Crippen molar-refractivity contribution in [3.8, 4) is 0 Å². The largest absolute Gasteiger partial charge is 0.344 e.